The average molecular weight is 343 g/mol. The maximum Gasteiger partial charge on any atom is 0.114 e. The van der Waals surface area contributed by atoms with E-state index >= 15 is 0 Å². The molecular weight excluding hydrogens is 322 g/mol. The zero-order valence-electron chi connectivity index (χ0n) is 14.9. The van der Waals surface area contributed by atoms with Gasteiger partial charge in [0.15, 0.2) is 0 Å². The molecule has 2 heterocycles. The molecule has 2 aromatic carbocycles. The van der Waals surface area contributed by atoms with Crippen LogP contribution in [0.25, 0.3) is 0 Å². The molecule has 4 nitrogen and oxygen atoms in total. The predicted molar refractivity (Wildman–Crippen MR) is 105 cm³/mol. The minimum atomic E-state index is -0.149. The Morgan fingerprint density at radius 1 is 1.00 bits per heavy atom. The second-order valence-corrected chi connectivity index (χ2v) is 6.25. The summed E-state index contributed by atoms with van der Waals surface area (Å²) in [5.41, 5.74) is 5.23. The third-order valence-corrected chi connectivity index (χ3v) is 4.46. The number of fused-ring (bicyclic) bond motifs is 1. The fourth-order valence-corrected chi connectivity index (χ4v) is 3.22. The number of para-hydroxylation sites is 2. The Bertz CT molecular complexity index is 923. The molecular formula is C22H21N3O. The molecule has 1 aromatic heterocycles. The summed E-state index contributed by atoms with van der Waals surface area (Å²) in [7, 11) is 1.73. The molecule has 0 aliphatic carbocycles. The van der Waals surface area contributed by atoms with Gasteiger partial charge in [-0.25, -0.2) is 0 Å². The van der Waals surface area contributed by atoms with Crippen molar-refractivity contribution in [1.29, 1.82) is 0 Å². The van der Waals surface area contributed by atoms with Gasteiger partial charge < -0.3 is 10.1 Å². The first kappa shape index (κ1) is 16.4. The Hall–Kier alpha value is -3.11. The summed E-state index contributed by atoms with van der Waals surface area (Å²) in [5.74, 6) is 0.965. The van der Waals surface area contributed by atoms with Gasteiger partial charge in [-0.2, -0.15) is 0 Å². The minimum Gasteiger partial charge on any atom is -0.372 e. The lowest BCUT2D eigenvalue weighted by atomic mass is 10.0. The van der Waals surface area contributed by atoms with E-state index in [4.69, 9.17) is 4.74 Å². The van der Waals surface area contributed by atoms with Crippen molar-refractivity contribution in [3.05, 3.63) is 96.1 Å². The summed E-state index contributed by atoms with van der Waals surface area (Å²) >= 11 is 0. The number of anilines is 3. The van der Waals surface area contributed by atoms with Crippen LogP contribution in [0.5, 0.6) is 0 Å². The summed E-state index contributed by atoms with van der Waals surface area (Å²) < 4.78 is 5.73. The molecule has 1 N–H and O–H groups in total. The zero-order valence-corrected chi connectivity index (χ0v) is 14.9. The summed E-state index contributed by atoms with van der Waals surface area (Å²) in [5, 5.41) is 3.54. The molecule has 0 fully saturated rings. The largest absolute Gasteiger partial charge is 0.372 e. The van der Waals surface area contributed by atoms with Gasteiger partial charge in [-0.15, -0.1) is 0 Å². The highest BCUT2D eigenvalue weighted by Gasteiger charge is 2.28. The SMILES string of the molecule is COC1C=C(Nc2ccccc2)N(c2ccccc2)c2cc(C)ncc21. The van der Waals surface area contributed by atoms with E-state index in [0.29, 0.717) is 0 Å². The summed E-state index contributed by atoms with van der Waals surface area (Å²) in [6, 6.07) is 22.6. The van der Waals surface area contributed by atoms with E-state index in [2.05, 4.69) is 51.6 Å². The molecule has 0 saturated carbocycles. The number of benzene rings is 2. The Morgan fingerprint density at radius 3 is 2.38 bits per heavy atom. The van der Waals surface area contributed by atoms with Crippen molar-refractivity contribution in [3.8, 4) is 0 Å². The number of methoxy groups -OCH3 is 1. The Kier molecular flexibility index (Phi) is 4.42. The van der Waals surface area contributed by atoms with Crippen LogP contribution in [0.2, 0.25) is 0 Å². The van der Waals surface area contributed by atoms with Gasteiger partial charge in [-0.3, -0.25) is 9.88 Å². The Labute approximate surface area is 153 Å². The molecule has 3 aromatic rings. The van der Waals surface area contributed by atoms with E-state index in [1.54, 1.807) is 7.11 Å². The van der Waals surface area contributed by atoms with Gasteiger partial charge in [0.2, 0.25) is 0 Å². The van der Waals surface area contributed by atoms with E-state index in [1.165, 1.54) is 0 Å². The molecule has 1 aliphatic heterocycles. The van der Waals surface area contributed by atoms with Crippen LogP contribution in [-0.2, 0) is 4.74 Å². The van der Waals surface area contributed by atoms with Gasteiger partial charge in [0.05, 0.1) is 5.69 Å². The topological polar surface area (TPSA) is 37.4 Å². The lowest BCUT2D eigenvalue weighted by Crippen LogP contribution is -2.28. The van der Waals surface area contributed by atoms with Crippen molar-refractivity contribution in [3.63, 3.8) is 0 Å². The fourth-order valence-electron chi connectivity index (χ4n) is 3.22. The maximum atomic E-state index is 5.73. The van der Waals surface area contributed by atoms with E-state index in [1.807, 2.05) is 49.5 Å². The molecule has 0 bridgehead atoms. The summed E-state index contributed by atoms with van der Waals surface area (Å²) in [4.78, 5) is 6.69. The Balaban J connectivity index is 1.85. The highest BCUT2D eigenvalue weighted by atomic mass is 16.5. The number of aryl methyl sites for hydroxylation is 1. The molecule has 130 valence electrons. The van der Waals surface area contributed by atoms with Crippen molar-refractivity contribution >= 4 is 17.1 Å². The number of pyridine rings is 1. The zero-order chi connectivity index (χ0) is 17.9. The molecule has 0 amide bonds. The van der Waals surface area contributed by atoms with Crippen molar-refractivity contribution < 1.29 is 4.74 Å². The van der Waals surface area contributed by atoms with Crippen molar-refractivity contribution in [2.75, 3.05) is 17.3 Å². The van der Waals surface area contributed by atoms with Crippen LogP contribution in [0, 0.1) is 6.92 Å². The first-order valence-corrected chi connectivity index (χ1v) is 8.64. The molecule has 4 rings (SSSR count). The molecule has 1 aliphatic rings. The second-order valence-electron chi connectivity index (χ2n) is 6.25. The van der Waals surface area contributed by atoms with E-state index in [9.17, 15) is 0 Å². The van der Waals surface area contributed by atoms with Gasteiger partial charge in [0, 0.05) is 35.9 Å². The number of nitrogens with zero attached hydrogens (tertiary/aromatic N) is 2. The normalized spacial score (nSPS) is 16.0. The summed E-state index contributed by atoms with van der Waals surface area (Å²) in [6.07, 6.45) is 3.86. The quantitative estimate of drug-likeness (QED) is 0.708. The van der Waals surface area contributed by atoms with Gasteiger partial charge in [0.1, 0.15) is 11.9 Å². The lowest BCUT2D eigenvalue weighted by molar-refractivity contribution is 0.141. The monoisotopic (exact) mass is 343 g/mol. The van der Waals surface area contributed by atoms with Crippen molar-refractivity contribution in [2.45, 2.75) is 13.0 Å². The van der Waals surface area contributed by atoms with E-state index in [0.717, 1.165) is 34.1 Å². The highest BCUT2D eigenvalue weighted by molar-refractivity contribution is 5.76. The molecule has 4 heteroatoms. The average Bonchev–Trinajstić information content (AvgIpc) is 2.68. The van der Waals surface area contributed by atoms with Crippen LogP contribution < -0.4 is 10.2 Å². The molecule has 1 unspecified atom stereocenters. The number of aromatic nitrogens is 1. The Morgan fingerprint density at radius 2 is 1.69 bits per heavy atom. The van der Waals surface area contributed by atoms with Crippen molar-refractivity contribution in [2.24, 2.45) is 0 Å². The first-order chi connectivity index (χ1) is 12.8. The molecule has 0 spiro atoms. The summed E-state index contributed by atoms with van der Waals surface area (Å²) in [6.45, 7) is 2.01. The predicted octanol–water partition coefficient (Wildman–Crippen LogP) is 5.18. The van der Waals surface area contributed by atoms with Crippen molar-refractivity contribution in [1.82, 2.24) is 4.98 Å². The number of nitrogens with one attached hydrogen (secondary N) is 1. The molecule has 1 atom stereocenters. The molecule has 26 heavy (non-hydrogen) atoms. The third-order valence-electron chi connectivity index (χ3n) is 4.46. The number of hydrogen-bond donors (Lipinski definition) is 1. The van der Waals surface area contributed by atoms with Crippen LogP contribution in [0.3, 0.4) is 0 Å². The van der Waals surface area contributed by atoms with E-state index in [-0.39, 0.29) is 6.10 Å². The van der Waals surface area contributed by atoms with E-state index < -0.39 is 0 Å². The fraction of sp³-hybridized carbons (Fsp3) is 0.136. The number of hydrogen-bond acceptors (Lipinski definition) is 4. The van der Waals surface area contributed by atoms with Crippen LogP contribution in [0.15, 0.2) is 84.8 Å². The standard InChI is InChI=1S/C22H21N3O/c1-16-13-20-19(15-23-16)21(26-2)14-22(24-17-9-5-3-6-10-17)25(20)18-11-7-4-8-12-18/h3-15,21,24H,1-2H3. The van der Waals surface area contributed by atoms with Gasteiger partial charge in [0.25, 0.3) is 0 Å². The van der Waals surface area contributed by atoms with Gasteiger partial charge >= 0.3 is 0 Å². The third kappa shape index (κ3) is 3.07. The van der Waals surface area contributed by atoms with Crippen LogP contribution in [0.4, 0.5) is 17.1 Å². The van der Waals surface area contributed by atoms with Crippen LogP contribution in [-0.4, -0.2) is 12.1 Å². The highest BCUT2D eigenvalue weighted by Crippen LogP contribution is 2.41. The maximum absolute atomic E-state index is 5.73. The minimum absolute atomic E-state index is 0.149. The van der Waals surface area contributed by atoms with Crippen LogP contribution in [0.1, 0.15) is 17.4 Å². The second kappa shape index (κ2) is 7.02. The first-order valence-electron chi connectivity index (χ1n) is 8.64. The smallest absolute Gasteiger partial charge is 0.114 e. The van der Waals surface area contributed by atoms with Gasteiger partial charge in [-0.1, -0.05) is 36.4 Å². The molecule has 0 radical (unpaired) electrons. The van der Waals surface area contributed by atoms with Crippen LogP contribution >= 0.6 is 0 Å². The number of rotatable bonds is 4. The lowest BCUT2D eigenvalue weighted by Gasteiger charge is -2.35. The van der Waals surface area contributed by atoms with Gasteiger partial charge in [-0.05, 0) is 43.3 Å². The number of ether oxygens (including phenoxy) is 1. The molecule has 0 saturated heterocycles.